The predicted octanol–water partition coefficient (Wildman–Crippen LogP) is 16.2. The fraction of sp³-hybridized carbons (Fsp3) is 0.0690. The summed E-state index contributed by atoms with van der Waals surface area (Å²) in [6.07, 6.45) is 0. The topological polar surface area (TPSA) is 15.3 Å². The van der Waals surface area contributed by atoms with Crippen molar-refractivity contribution in [2.45, 2.75) is 27.7 Å². The van der Waals surface area contributed by atoms with Gasteiger partial charge in [-0.1, -0.05) is 119 Å². The van der Waals surface area contributed by atoms with Crippen LogP contribution in [-0.4, -0.2) is 8.80 Å². The van der Waals surface area contributed by atoms with E-state index in [0.717, 1.165) is 22.3 Å². The van der Waals surface area contributed by atoms with Gasteiger partial charge in [0, 0.05) is 65.8 Å². The number of rotatable bonds is 6. The molecule has 0 N–H and O–H groups in total. The molecule has 0 unspecified atom stereocenters. The Hall–Kier alpha value is -7.82. The molecule has 0 saturated heterocycles. The minimum absolute atomic E-state index is 0.00391. The zero-order chi connectivity index (χ0) is 53.6. The third kappa shape index (κ3) is 4.83. The van der Waals surface area contributed by atoms with Gasteiger partial charge < -0.3 is 18.6 Å². The Balaban J connectivity index is 1.26. The van der Waals surface area contributed by atoms with Crippen LogP contribution in [0.15, 0.2) is 182 Å². The van der Waals surface area contributed by atoms with Crippen LogP contribution in [0.3, 0.4) is 0 Å². The molecule has 13 aromatic rings. The minimum atomic E-state index is -0.521. The zero-order valence-electron chi connectivity index (χ0n) is 48.0. The summed E-state index contributed by atoms with van der Waals surface area (Å²) < 4.78 is 139. The summed E-state index contributed by atoms with van der Waals surface area (Å²) in [5.41, 5.74) is 6.63. The fourth-order valence-electron chi connectivity index (χ4n) is 9.33. The van der Waals surface area contributed by atoms with Crippen LogP contribution in [0, 0.1) is 27.7 Å². The monoisotopic (exact) mass is 808 g/mol. The molecule has 4 aromatic heterocycles. The van der Waals surface area contributed by atoms with E-state index in [4.69, 9.17) is 0 Å². The van der Waals surface area contributed by atoms with Crippen molar-refractivity contribution in [3.05, 3.63) is 204 Å². The lowest BCUT2D eigenvalue weighted by molar-refractivity contribution is 1.28. The molecule has 4 heteroatoms. The Bertz CT molecular complexity index is 4310. The Kier molecular flexibility index (Phi) is 4.94. The van der Waals surface area contributed by atoms with Gasteiger partial charge in [-0.3, -0.25) is 0 Å². The second-order valence-electron chi connectivity index (χ2n) is 16.2. The average molecular weight is 809 g/mol. The van der Waals surface area contributed by atoms with Gasteiger partial charge in [0.25, 0.3) is 0 Å². The van der Waals surface area contributed by atoms with Crippen LogP contribution in [0.25, 0.3) is 76.2 Å². The van der Waals surface area contributed by atoms with E-state index in [9.17, 15) is 19.2 Å². The summed E-state index contributed by atoms with van der Waals surface area (Å²) in [7, 11) is 0. The first-order valence-corrected chi connectivity index (χ1v) is 20.5. The summed E-state index contributed by atoms with van der Waals surface area (Å²) in [5.74, 6) is 0. The number of aromatic nitrogens is 2. The number of aryl methyl sites for hydroxylation is 4. The number of nitrogens with zero attached hydrogens (tertiary/aromatic N) is 4. The van der Waals surface area contributed by atoms with E-state index in [1.165, 1.54) is 8.80 Å². The standard InChI is InChI=1S/C58H42N4/c1-35-17-25-39(26-18-35)59(40-27-19-36(2)20-28-40)49-13-7-15-51-55(49)45-11-5-9-43-47-34-54-48(33-53(47)61(51)57(43)45)44-10-6-12-46-56-50(14-8-16-52(56)62(54)58(44)46)60(41-29-21-37(3)22-30-41)42-31-23-38(4)24-32-42/h5-34H,1-4H3/i5D,6D,7D,8D,9D,10D,11D,12D,13D,14D,15D,16D,33D,34D. The molecule has 4 nitrogen and oxygen atoms in total. The Morgan fingerprint density at radius 3 is 0.984 bits per heavy atom. The number of para-hydroxylation sites is 2. The number of hydrogen-bond acceptors (Lipinski definition) is 2. The van der Waals surface area contributed by atoms with E-state index in [0.29, 0.717) is 22.7 Å². The van der Waals surface area contributed by atoms with Gasteiger partial charge in [0.2, 0.25) is 0 Å². The van der Waals surface area contributed by atoms with Gasteiger partial charge in [0.05, 0.1) is 63.7 Å². The Morgan fingerprint density at radius 1 is 0.339 bits per heavy atom. The smallest absolute Gasteiger partial charge is 0.0653 e. The van der Waals surface area contributed by atoms with E-state index < -0.39 is 60.4 Å². The van der Waals surface area contributed by atoms with E-state index in [1.807, 2.05) is 125 Å². The van der Waals surface area contributed by atoms with Crippen molar-refractivity contribution < 1.29 is 19.2 Å². The highest BCUT2D eigenvalue weighted by Crippen LogP contribution is 2.50. The quantitative estimate of drug-likeness (QED) is 0.166. The summed E-state index contributed by atoms with van der Waals surface area (Å²) in [6, 6.07) is 24.3. The fourth-order valence-corrected chi connectivity index (χ4v) is 9.33. The highest BCUT2D eigenvalue weighted by Gasteiger charge is 2.26. The Labute approximate surface area is 379 Å². The van der Waals surface area contributed by atoms with Gasteiger partial charge >= 0.3 is 0 Å². The minimum Gasteiger partial charge on any atom is -0.310 e. The van der Waals surface area contributed by atoms with E-state index in [2.05, 4.69) is 0 Å². The molecular formula is C58H42N4. The maximum absolute atomic E-state index is 10.4. The highest BCUT2D eigenvalue weighted by atomic mass is 15.2. The zero-order valence-corrected chi connectivity index (χ0v) is 34.0. The van der Waals surface area contributed by atoms with E-state index in [1.54, 1.807) is 9.80 Å². The van der Waals surface area contributed by atoms with Crippen molar-refractivity contribution in [3.63, 3.8) is 0 Å². The molecular weight excluding hydrogens is 753 g/mol. The number of benzene rings is 9. The third-order valence-electron chi connectivity index (χ3n) is 12.3. The van der Waals surface area contributed by atoms with Crippen LogP contribution in [0.2, 0.25) is 0 Å². The summed E-state index contributed by atoms with van der Waals surface area (Å²) in [6.45, 7) is 7.76. The number of hydrogen-bond donors (Lipinski definition) is 0. The second-order valence-corrected chi connectivity index (χ2v) is 16.2. The predicted molar refractivity (Wildman–Crippen MR) is 264 cm³/mol. The maximum Gasteiger partial charge on any atom is 0.0653 e. The first-order valence-electron chi connectivity index (χ1n) is 27.5. The molecule has 0 aliphatic heterocycles. The number of anilines is 6. The molecule has 0 aliphatic carbocycles. The molecule has 0 bridgehead atoms. The van der Waals surface area contributed by atoms with Crippen LogP contribution < -0.4 is 9.80 Å². The van der Waals surface area contributed by atoms with Crippen LogP contribution in [0.4, 0.5) is 34.1 Å². The molecule has 0 amide bonds. The van der Waals surface area contributed by atoms with Crippen molar-refractivity contribution in [1.29, 1.82) is 0 Å². The largest absolute Gasteiger partial charge is 0.310 e. The summed E-state index contributed by atoms with van der Waals surface area (Å²) >= 11 is 0. The molecule has 0 spiro atoms. The van der Waals surface area contributed by atoms with Crippen LogP contribution in [0.5, 0.6) is 0 Å². The van der Waals surface area contributed by atoms with Gasteiger partial charge in [-0.25, -0.2) is 0 Å². The van der Waals surface area contributed by atoms with Crippen molar-refractivity contribution in [1.82, 2.24) is 8.80 Å². The highest BCUT2D eigenvalue weighted by molar-refractivity contribution is 6.31. The second kappa shape index (κ2) is 12.8. The molecule has 0 radical (unpaired) electrons. The molecule has 0 saturated carbocycles. The summed E-state index contributed by atoms with van der Waals surface area (Å²) in [5, 5.41) is 0.374. The molecule has 294 valence electrons. The summed E-state index contributed by atoms with van der Waals surface area (Å²) in [4.78, 5) is 3.55. The number of fused-ring (bicyclic) bond motifs is 12. The van der Waals surface area contributed by atoms with E-state index in [-0.39, 0.29) is 112 Å². The molecule has 9 aromatic carbocycles. The lowest BCUT2D eigenvalue weighted by Crippen LogP contribution is -2.10. The average Bonchev–Trinajstić information content (AvgIpc) is 4.15. The van der Waals surface area contributed by atoms with Crippen molar-refractivity contribution in [3.8, 4) is 0 Å². The molecule has 0 atom stereocenters. The lowest BCUT2D eigenvalue weighted by atomic mass is 10.0. The van der Waals surface area contributed by atoms with Gasteiger partial charge in [0.1, 0.15) is 0 Å². The van der Waals surface area contributed by atoms with Crippen LogP contribution >= 0.6 is 0 Å². The van der Waals surface area contributed by atoms with Crippen LogP contribution in [0.1, 0.15) is 41.4 Å². The van der Waals surface area contributed by atoms with Crippen LogP contribution in [-0.2, 0) is 0 Å². The maximum atomic E-state index is 10.4. The Morgan fingerprint density at radius 2 is 0.645 bits per heavy atom. The van der Waals surface area contributed by atoms with Gasteiger partial charge in [0.15, 0.2) is 0 Å². The molecule has 62 heavy (non-hydrogen) atoms. The van der Waals surface area contributed by atoms with Crippen molar-refractivity contribution >= 4 is 110 Å². The van der Waals surface area contributed by atoms with Gasteiger partial charge in [-0.15, -0.1) is 0 Å². The van der Waals surface area contributed by atoms with Crippen molar-refractivity contribution in [2.75, 3.05) is 9.80 Å². The lowest BCUT2D eigenvalue weighted by Gasteiger charge is -2.26. The molecule has 4 heterocycles. The molecule has 0 fully saturated rings. The molecule has 0 aliphatic rings. The SMILES string of the molecule is [2H]c1c([2H])c([2H])c2c(c1N(c1ccc(C)cc1)c1ccc(C)cc1)c1c([2H])c([2H])c([2H])c3c4c([2H])c5c(c([2H])c4n2c13)c1c([2H])c([2H])c([2H])c2c3c(N(c4ccc(C)cc4)c4ccc(C)cc4)c([2H])c([2H])c([2H])c3n5c21. The van der Waals surface area contributed by atoms with Gasteiger partial charge in [-0.2, -0.15) is 0 Å². The first kappa shape index (κ1) is 23.8. The first-order chi connectivity index (χ1) is 36.3. The van der Waals surface area contributed by atoms with Crippen molar-refractivity contribution in [2.24, 2.45) is 0 Å². The van der Waals surface area contributed by atoms with Gasteiger partial charge in [-0.05, 0) is 112 Å². The normalized spacial score (nSPS) is 15.4. The van der Waals surface area contributed by atoms with E-state index >= 15 is 0 Å². The molecule has 13 rings (SSSR count). The third-order valence-corrected chi connectivity index (χ3v) is 12.3.